The molecule has 1 amide bonds. The number of benzene rings is 1. The lowest BCUT2D eigenvalue weighted by Gasteiger charge is -2.14. The number of rotatable bonds is 4. The third-order valence-electron chi connectivity index (χ3n) is 2.70. The number of carbonyl (C=O) groups is 1. The standard InChI is InChI=1S/C14H15BrN2O2S/c1-9(12-6-7-13(15)20-12)16-10-4-3-5-11(8-10)17-14(18)19-2/h3-9,16H,1-2H3,(H,17,18). The maximum Gasteiger partial charge on any atom is 0.411 e. The van der Waals surface area contributed by atoms with Gasteiger partial charge in [0.15, 0.2) is 0 Å². The highest BCUT2D eigenvalue weighted by Crippen LogP contribution is 2.29. The molecule has 2 rings (SSSR count). The summed E-state index contributed by atoms with van der Waals surface area (Å²) in [7, 11) is 1.34. The van der Waals surface area contributed by atoms with Crippen LogP contribution in [0.3, 0.4) is 0 Å². The second kappa shape index (κ2) is 6.76. The Labute approximate surface area is 130 Å². The number of nitrogens with one attached hydrogen (secondary N) is 2. The molecule has 106 valence electrons. The molecule has 0 bridgehead atoms. The van der Waals surface area contributed by atoms with Crippen molar-refractivity contribution in [1.82, 2.24) is 0 Å². The van der Waals surface area contributed by atoms with Gasteiger partial charge in [0, 0.05) is 16.3 Å². The van der Waals surface area contributed by atoms with Crippen molar-refractivity contribution in [2.24, 2.45) is 0 Å². The van der Waals surface area contributed by atoms with Crippen molar-refractivity contribution < 1.29 is 9.53 Å². The second-order valence-electron chi connectivity index (χ2n) is 4.21. The van der Waals surface area contributed by atoms with Gasteiger partial charge in [-0.25, -0.2) is 4.79 Å². The minimum absolute atomic E-state index is 0.194. The Morgan fingerprint density at radius 3 is 2.70 bits per heavy atom. The number of hydrogen-bond donors (Lipinski definition) is 2. The van der Waals surface area contributed by atoms with E-state index in [1.807, 2.05) is 30.3 Å². The van der Waals surface area contributed by atoms with Gasteiger partial charge in [0.05, 0.1) is 16.9 Å². The molecule has 2 N–H and O–H groups in total. The number of amides is 1. The summed E-state index contributed by atoms with van der Waals surface area (Å²) in [6.07, 6.45) is -0.475. The number of carbonyl (C=O) groups excluding carboxylic acids is 1. The Balaban J connectivity index is 2.05. The van der Waals surface area contributed by atoms with Gasteiger partial charge < -0.3 is 10.1 Å². The zero-order valence-electron chi connectivity index (χ0n) is 11.1. The van der Waals surface area contributed by atoms with Crippen LogP contribution in [-0.2, 0) is 4.74 Å². The van der Waals surface area contributed by atoms with Gasteiger partial charge in [-0.1, -0.05) is 6.07 Å². The molecule has 20 heavy (non-hydrogen) atoms. The Morgan fingerprint density at radius 1 is 1.30 bits per heavy atom. The molecular weight excluding hydrogens is 340 g/mol. The normalized spacial score (nSPS) is 11.8. The Morgan fingerprint density at radius 2 is 2.05 bits per heavy atom. The lowest BCUT2D eigenvalue weighted by molar-refractivity contribution is 0.187. The van der Waals surface area contributed by atoms with E-state index in [1.54, 1.807) is 11.3 Å². The fraction of sp³-hybridized carbons (Fsp3) is 0.214. The van der Waals surface area contributed by atoms with E-state index < -0.39 is 6.09 Å². The number of hydrogen-bond acceptors (Lipinski definition) is 4. The monoisotopic (exact) mass is 354 g/mol. The minimum Gasteiger partial charge on any atom is -0.453 e. The largest absolute Gasteiger partial charge is 0.453 e. The molecule has 1 atom stereocenters. The third-order valence-corrected chi connectivity index (χ3v) is 4.50. The molecule has 1 aromatic heterocycles. The fourth-order valence-corrected chi connectivity index (χ4v) is 3.16. The number of anilines is 2. The fourth-order valence-electron chi connectivity index (χ4n) is 1.74. The molecule has 0 saturated heterocycles. The molecule has 4 nitrogen and oxygen atoms in total. The Kier molecular flexibility index (Phi) is 5.03. The van der Waals surface area contributed by atoms with Crippen molar-refractivity contribution in [2.45, 2.75) is 13.0 Å². The van der Waals surface area contributed by atoms with E-state index in [-0.39, 0.29) is 6.04 Å². The summed E-state index contributed by atoms with van der Waals surface area (Å²) >= 11 is 5.16. The third kappa shape index (κ3) is 3.98. The first-order valence-electron chi connectivity index (χ1n) is 6.05. The average Bonchev–Trinajstić information content (AvgIpc) is 2.86. The molecule has 0 aliphatic heterocycles. The van der Waals surface area contributed by atoms with Gasteiger partial charge >= 0.3 is 6.09 Å². The van der Waals surface area contributed by atoms with E-state index >= 15 is 0 Å². The van der Waals surface area contributed by atoms with E-state index in [4.69, 9.17) is 0 Å². The number of ether oxygens (including phenoxy) is 1. The molecule has 2 aromatic rings. The molecule has 1 unspecified atom stereocenters. The smallest absolute Gasteiger partial charge is 0.411 e. The summed E-state index contributed by atoms with van der Waals surface area (Å²) in [6.45, 7) is 2.10. The van der Waals surface area contributed by atoms with Gasteiger partial charge in [-0.3, -0.25) is 5.32 Å². The van der Waals surface area contributed by atoms with E-state index in [1.165, 1.54) is 12.0 Å². The summed E-state index contributed by atoms with van der Waals surface area (Å²) in [6, 6.07) is 11.8. The topological polar surface area (TPSA) is 50.4 Å². The molecule has 0 saturated carbocycles. The van der Waals surface area contributed by atoms with Crippen molar-refractivity contribution in [3.8, 4) is 0 Å². The molecule has 1 heterocycles. The van der Waals surface area contributed by atoms with Crippen molar-refractivity contribution in [2.75, 3.05) is 17.7 Å². The van der Waals surface area contributed by atoms with Crippen molar-refractivity contribution >= 4 is 44.7 Å². The molecular formula is C14H15BrN2O2S. The van der Waals surface area contributed by atoms with Gasteiger partial charge in [0.25, 0.3) is 0 Å². The maximum absolute atomic E-state index is 11.2. The first kappa shape index (κ1) is 14.9. The van der Waals surface area contributed by atoms with Gasteiger partial charge in [-0.2, -0.15) is 0 Å². The predicted molar refractivity (Wildman–Crippen MR) is 86.5 cm³/mol. The lowest BCUT2D eigenvalue weighted by Crippen LogP contribution is -2.11. The van der Waals surface area contributed by atoms with E-state index in [2.05, 4.69) is 44.3 Å². The van der Waals surface area contributed by atoms with E-state index in [9.17, 15) is 4.79 Å². The second-order valence-corrected chi connectivity index (χ2v) is 6.70. The van der Waals surface area contributed by atoms with Crippen molar-refractivity contribution in [3.05, 3.63) is 45.1 Å². The van der Waals surface area contributed by atoms with Gasteiger partial charge in [-0.05, 0) is 53.2 Å². The molecule has 0 aliphatic carbocycles. The highest BCUT2D eigenvalue weighted by molar-refractivity contribution is 9.11. The minimum atomic E-state index is -0.475. The van der Waals surface area contributed by atoms with Crippen LogP contribution in [-0.4, -0.2) is 13.2 Å². The molecule has 0 radical (unpaired) electrons. The highest BCUT2D eigenvalue weighted by atomic mass is 79.9. The maximum atomic E-state index is 11.2. The SMILES string of the molecule is COC(=O)Nc1cccc(NC(C)c2ccc(Br)s2)c1. The first-order valence-corrected chi connectivity index (χ1v) is 7.66. The Hall–Kier alpha value is -1.53. The van der Waals surface area contributed by atoms with Crippen molar-refractivity contribution in [3.63, 3.8) is 0 Å². The van der Waals surface area contributed by atoms with Gasteiger partial charge in [0.2, 0.25) is 0 Å². The number of halogens is 1. The van der Waals surface area contributed by atoms with Crippen LogP contribution >= 0.6 is 27.3 Å². The van der Waals surface area contributed by atoms with Crippen molar-refractivity contribution in [1.29, 1.82) is 0 Å². The summed E-state index contributed by atoms with van der Waals surface area (Å²) in [4.78, 5) is 12.4. The molecule has 1 aromatic carbocycles. The van der Waals surface area contributed by atoms with Crippen LogP contribution in [0.15, 0.2) is 40.2 Å². The van der Waals surface area contributed by atoms with Gasteiger partial charge in [0.1, 0.15) is 0 Å². The van der Waals surface area contributed by atoms with Crippen LogP contribution in [0.2, 0.25) is 0 Å². The van der Waals surface area contributed by atoms with Crippen LogP contribution in [0.5, 0.6) is 0 Å². The van der Waals surface area contributed by atoms with Crippen LogP contribution in [0.25, 0.3) is 0 Å². The molecule has 0 spiro atoms. The van der Waals surface area contributed by atoms with Crippen LogP contribution in [0.4, 0.5) is 16.2 Å². The van der Waals surface area contributed by atoms with E-state index in [0.29, 0.717) is 5.69 Å². The van der Waals surface area contributed by atoms with Gasteiger partial charge in [-0.15, -0.1) is 11.3 Å². The summed E-state index contributed by atoms with van der Waals surface area (Å²) in [5.74, 6) is 0. The average molecular weight is 355 g/mol. The van der Waals surface area contributed by atoms with Crippen LogP contribution in [0.1, 0.15) is 17.8 Å². The zero-order chi connectivity index (χ0) is 14.5. The van der Waals surface area contributed by atoms with E-state index in [0.717, 1.165) is 9.47 Å². The number of thiophene rings is 1. The summed E-state index contributed by atoms with van der Waals surface area (Å²) < 4.78 is 5.69. The van der Waals surface area contributed by atoms with Crippen LogP contribution < -0.4 is 10.6 Å². The predicted octanol–water partition coefficient (Wildman–Crippen LogP) is 4.86. The number of methoxy groups -OCH3 is 1. The molecule has 0 fully saturated rings. The van der Waals surface area contributed by atoms with Crippen LogP contribution in [0, 0.1) is 0 Å². The summed E-state index contributed by atoms with van der Waals surface area (Å²) in [5, 5.41) is 6.04. The lowest BCUT2D eigenvalue weighted by atomic mass is 10.2. The molecule has 0 aliphatic rings. The molecule has 6 heteroatoms. The highest BCUT2D eigenvalue weighted by Gasteiger charge is 2.08. The first-order chi connectivity index (χ1) is 9.58. The Bertz CT molecular complexity index is 600. The zero-order valence-corrected chi connectivity index (χ0v) is 13.5. The summed E-state index contributed by atoms with van der Waals surface area (Å²) in [5.41, 5.74) is 1.64. The quantitative estimate of drug-likeness (QED) is 0.823.